The van der Waals surface area contributed by atoms with Crippen molar-refractivity contribution in [1.82, 2.24) is 0 Å². The Morgan fingerprint density at radius 3 is 2.50 bits per heavy atom. The first-order chi connectivity index (χ1) is 9.65. The van der Waals surface area contributed by atoms with Crippen LogP contribution < -0.4 is 0 Å². The van der Waals surface area contributed by atoms with Crippen LogP contribution in [-0.4, -0.2) is 12.0 Å². The number of halogens is 2. The Kier molecular flexibility index (Phi) is 3.70. The lowest BCUT2D eigenvalue weighted by molar-refractivity contribution is -0.140. The highest BCUT2D eigenvalue weighted by molar-refractivity contribution is 5.70. The van der Waals surface area contributed by atoms with E-state index in [1.54, 1.807) is 0 Å². The molecule has 1 aromatic rings. The van der Waals surface area contributed by atoms with E-state index in [0.29, 0.717) is 5.57 Å². The molecular weight excluding hydrogens is 258 g/mol. The molecule has 2 aliphatic carbocycles. The molecule has 3 rings (SSSR count). The van der Waals surface area contributed by atoms with E-state index in [0.717, 1.165) is 37.3 Å². The van der Waals surface area contributed by atoms with Gasteiger partial charge in [-0.3, -0.25) is 0 Å². The topological polar surface area (TPSA) is 9.23 Å². The third kappa shape index (κ3) is 2.98. The highest BCUT2D eigenvalue weighted by atomic mass is 19.2. The number of alkyl halides is 1. The van der Waals surface area contributed by atoms with Crippen molar-refractivity contribution in [2.24, 2.45) is 0 Å². The third-order valence-corrected chi connectivity index (χ3v) is 3.91. The zero-order valence-electron chi connectivity index (χ0n) is 11.3. The van der Waals surface area contributed by atoms with Gasteiger partial charge in [0.1, 0.15) is 5.83 Å². The van der Waals surface area contributed by atoms with Crippen molar-refractivity contribution in [3.8, 4) is 0 Å². The SMILES string of the molecule is FC1=CC(F)(OC2CCCC2)CC(c2ccccc2)=C1. The number of hydrogen-bond acceptors (Lipinski definition) is 1. The molecule has 0 spiro atoms. The molecule has 3 heteroatoms. The zero-order valence-corrected chi connectivity index (χ0v) is 11.3. The van der Waals surface area contributed by atoms with Gasteiger partial charge in [0, 0.05) is 12.5 Å². The van der Waals surface area contributed by atoms with E-state index in [-0.39, 0.29) is 12.5 Å². The van der Waals surface area contributed by atoms with E-state index in [2.05, 4.69) is 0 Å². The first-order valence-corrected chi connectivity index (χ1v) is 7.16. The van der Waals surface area contributed by atoms with E-state index >= 15 is 0 Å². The summed E-state index contributed by atoms with van der Waals surface area (Å²) in [5.41, 5.74) is 1.49. The minimum atomic E-state index is -2.01. The average molecular weight is 276 g/mol. The Balaban J connectivity index is 1.80. The fourth-order valence-electron chi connectivity index (χ4n) is 2.97. The number of benzene rings is 1. The Morgan fingerprint density at radius 2 is 1.80 bits per heavy atom. The van der Waals surface area contributed by atoms with Crippen LogP contribution in [-0.2, 0) is 4.74 Å². The summed E-state index contributed by atoms with van der Waals surface area (Å²) < 4.78 is 34.1. The second-order valence-electron chi connectivity index (χ2n) is 5.55. The summed E-state index contributed by atoms with van der Waals surface area (Å²) in [5, 5.41) is 0. The van der Waals surface area contributed by atoms with Gasteiger partial charge in [-0.05, 0) is 30.1 Å². The monoisotopic (exact) mass is 276 g/mol. The van der Waals surface area contributed by atoms with Crippen LogP contribution in [0.5, 0.6) is 0 Å². The Hall–Kier alpha value is -1.48. The maximum absolute atomic E-state index is 14.8. The molecule has 2 aliphatic rings. The lowest BCUT2D eigenvalue weighted by Gasteiger charge is -2.29. The minimum absolute atomic E-state index is 0.0704. The van der Waals surface area contributed by atoms with Gasteiger partial charge in [0.15, 0.2) is 0 Å². The molecule has 1 saturated carbocycles. The average Bonchev–Trinajstić information content (AvgIpc) is 2.91. The van der Waals surface area contributed by atoms with Gasteiger partial charge >= 0.3 is 0 Å². The summed E-state index contributed by atoms with van der Waals surface area (Å²) in [7, 11) is 0. The summed E-state index contributed by atoms with van der Waals surface area (Å²) in [4.78, 5) is 0. The molecule has 0 amide bonds. The fourth-order valence-corrected chi connectivity index (χ4v) is 2.97. The predicted molar refractivity (Wildman–Crippen MR) is 75.4 cm³/mol. The van der Waals surface area contributed by atoms with Crippen LogP contribution in [0.4, 0.5) is 8.78 Å². The smallest absolute Gasteiger partial charge is 0.235 e. The largest absolute Gasteiger partial charge is 0.339 e. The molecule has 0 heterocycles. The van der Waals surface area contributed by atoms with E-state index in [4.69, 9.17) is 4.74 Å². The Labute approximate surface area is 117 Å². The van der Waals surface area contributed by atoms with Gasteiger partial charge in [0.05, 0.1) is 6.10 Å². The van der Waals surface area contributed by atoms with E-state index in [1.165, 1.54) is 6.08 Å². The first kappa shape index (κ1) is 13.5. The van der Waals surface area contributed by atoms with E-state index in [1.807, 2.05) is 30.3 Å². The van der Waals surface area contributed by atoms with Crippen molar-refractivity contribution in [2.45, 2.75) is 44.1 Å². The summed E-state index contributed by atoms with van der Waals surface area (Å²) in [5.74, 6) is -2.57. The maximum atomic E-state index is 14.8. The number of allylic oxidation sites excluding steroid dienone is 2. The normalized spacial score (nSPS) is 27.3. The second kappa shape index (κ2) is 5.49. The third-order valence-electron chi connectivity index (χ3n) is 3.91. The fraction of sp³-hybridized carbons (Fsp3) is 0.412. The molecular formula is C17H18F2O. The highest BCUT2D eigenvalue weighted by Gasteiger charge is 2.37. The summed E-state index contributed by atoms with van der Waals surface area (Å²) in [6.45, 7) is 0. The first-order valence-electron chi connectivity index (χ1n) is 7.16. The van der Waals surface area contributed by atoms with Crippen LogP contribution in [0.25, 0.3) is 5.57 Å². The molecule has 1 unspecified atom stereocenters. The van der Waals surface area contributed by atoms with E-state index < -0.39 is 11.7 Å². The number of rotatable bonds is 3. The minimum Gasteiger partial charge on any atom is -0.339 e. The van der Waals surface area contributed by atoms with Gasteiger partial charge in [0.25, 0.3) is 0 Å². The molecule has 0 saturated heterocycles. The molecule has 1 nitrogen and oxygen atoms in total. The Morgan fingerprint density at radius 1 is 1.10 bits per heavy atom. The lowest BCUT2D eigenvalue weighted by Crippen LogP contribution is -2.31. The summed E-state index contributed by atoms with van der Waals surface area (Å²) in [6, 6.07) is 9.34. The van der Waals surface area contributed by atoms with Crippen LogP contribution in [0.15, 0.2) is 48.3 Å². The molecule has 0 N–H and O–H groups in total. The van der Waals surface area contributed by atoms with Crippen molar-refractivity contribution in [2.75, 3.05) is 0 Å². The van der Waals surface area contributed by atoms with Gasteiger partial charge in [-0.15, -0.1) is 0 Å². The molecule has 0 radical (unpaired) electrons. The van der Waals surface area contributed by atoms with Gasteiger partial charge in [0.2, 0.25) is 5.85 Å². The Bertz CT molecular complexity index is 529. The van der Waals surface area contributed by atoms with Crippen molar-refractivity contribution in [3.05, 3.63) is 53.9 Å². The maximum Gasteiger partial charge on any atom is 0.235 e. The molecule has 1 fully saturated rings. The van der Waals surface area contributed by atoms with E-state index in [9.17, 15) is 8.78 Å². The molecule has 20 heavy (non-hydrogen) atoms. The van der Waals surface area contributed by atoms with Crippen LogP contribution in [0.1, 0.15) is 37.7 Å². The lowest BCUT2D eigenvalue weighted by atomic mass is 9.93. The van der Waals surface area contributed by atoms with Crippen LogP contribution in [0, 0.1) is 0 Å². The molecule has 1 atom stereocenters. The highest BCUT2D eigenvalue weighted by Crippen LogP contribution is 2.39. The zero-order chi connectivity index (χ0) is 14.0. The van der Waals surface area contributed by atoms with Crippen LogP contribution >= 0.6 is 0 Å². The van der Waals surface area contributed by atoms with Crippen LogP contribution in [0.3, 0.4) is 0 Å². The van der Waals surface area contributed by atoms with Crippen LogP contribution in [0.2, 0.25) is 0 Å². The van der Waals surface area contributed by atoms with Crippen molar-refractivity contribution >= 4 is 5.57 Å². The van der Waals surface area contributed by atoms with Gasteiger partial charge in [-0.25, -0.2) is 8.78 Å². The van der Waals surface area contributed by atoms with Crippen molar-refractivity contribution in [1.29, 1.82) is 0 Å². The number of ether oxygens (including phenoxy) is 1. The van der Waals surface area contributed by atoms with Gasteiger partial charge in [-0.2, -0.15) is 0 Å². The van der Waals surface area contributed by atoms with Gasteiger partial charge < -0.3 is 4.74 Å². The predicted octanol–water partition coefficient (Wildman–Crippen LogP) is 4.95. The molecule has 106 valence electrons. The van der Waals surface area contributed by atoms with Crippen molar-refractivity contribution < 1.29 is 13.5 Å². The van der Waals surface area contributed by atoms with Crippen molar-refractivity contribution in [3.63, 3.8) is 0 Å². The molecule has 1 aromatic carbocycles. The number of hydrogen-bond donors (Lipinski definition) is 0. The quantitative estimate of drug-likeness (QED) is 0.758. The second-order valence-corrected chi connectivity index (χ2v) is 5.55. The van der Waals surface area contributed by atoms with Gasteiger partial charge in [-0.1, -0.05) is 43.2 Å². The molecule has 0 bridgehead atoms. The molecule has 0 aliphatic heterocycles. The summed E-state index contributed by atoms with van der Waals surface area (Å²) >= 11 is 0. The molecule has 0 aromatic heterocycles. The standard InChI is InChI=1S/C17H18F2O/c18-15-10-14(13-6-2-1-3-7-13)11-17(19,12-15)20-16-8-4-5-9-16/h1-3,6-7,10,12,16H,4-5,8-9,11H2. The summed E-state index contributed by atoms with van der Waals surface area (Å²) in [6.07, 6.45) is 6.21.